The van der Waals surface area contributed by atoms with Crippen LogP contribution in [0.1, 0.15) is 0 Å². The Kier molecular flexibility index (Phi) is 3.38. The van der Waals surface area contributed by atoms with Crippen molar-refractivity contribution >= 4 is 17.2 Å². The van der Waals surface area contributed by atoms with Crippen LogP contribution in [0.5, 0.6) is 5.75 Å². The van der Waals surface area contributed by atoms with E-state index in [9.17, 15) is 14.7 Å². The predicted molar refractivity (Wildman–Crippen MR) is 73.6 cm³/mol. The molecule has 2 aromatic rings. The van der Waals surface area contributed by atoms with Gasteiger partial charge in [0.2, 0.25) is 0 Å². The van der Waals surface area contributed by atoms with E-state index in [1.165, 1.54) is 26.2 Å². The number of para-hydroxylation sites is 1. The summed E-state index contributed by atoms with van der Waals surface area (Å²) in [5, 5.41) is 17.1. The Morgan fingerprint density at radius 3 is 2.40 bits per heavy atom. The largest absolute Gasteiger partial charge is 0.506 e. The van der Waals surface area contributed by atoms with Gasteiger partial charge >= 0.3 is 5.69 Å². The van der Waals surface area contributed by atoms with Crippen LogP contribution in [0.15, 0.2) is 44.1 Å². The van der Waals surface area contributed by atoms with Gasteiger partial charge in [0.15, 0.2) is 5.69 Å². The first-order chi connectivity index (χ1) is 9.43. The lowest BCUT2D eigenvalue weighted by atomic mass is 10.3. The standard InChI is InChI=1S/C12H13N5O3/c1-16-10(13)9(11(19)17(2)12(16)20)15-14-7-5-3-4-6-8(7)18/h3-6,18H,13H2,1-2H3. The third-order valence-corrected chi connectivity index (χ3v) is 2.82. The lowest BCUT2D eigenvalue weighted by molar-refractivity contribution is 0.476. The van der Waals surface area contributed by atoms with E-state index in [1.807, 2.05) is 0 Å². The van der Waals surface area contributed by atoms with Crippen molar-refractivity contribution in [3.63, 3.8) is 0 Å². The van der Waals surface area contributed by atoms with Crippen molar-refractivity contribution in [3.05, 3.63) is 45.1 Å². The first-order valence-corrected chi connectivity index (χ1v) is 5.68. The van der Waals surface area contributed by atoms with Gasteiger partial charge in [-0.3, -0.25) is 13.9 Å². The smallest absolute Gasteiger partial charge is 0.332 e. The van der Waals surface area contributed by atoms with Crippen molar-refractivity contribution in [3.8, 4) is 5.75 Å². The molecule has 8 heteroatoms. The normalized spacial score (nSPS) is 11.1. The molecule has 104 valence electrons. The second-order valence-corrected chi connectivity index (χ2v) is 4.13. The number of hydrogen-bond donors (Lipinski definition) is 2. The molecular weight excluding hydrogens is 262 g/mol. The predicted octanol–water partition coefficient (Wildman–Crippen LogP) is 0.787. The molecule has 20 heavy (non-hydrogen) atoms. The Labute approximate surface area is 113 Å². The summed E-state index contributed by atoms with van der Waals surface area (Å²) >= 11 is 0. The van der Waals surface area contributed by atoms with E-state index in [2.05, 4.69) is 10.2 Å². The second-order valence-electron chi connectivity index (χ2n) is 4.13. The quantitative estimate of drug-likeness (QED) is 0.788. The fraction of sp³-hybridized carbons (Fsp3) is 0.167. The molecular formula is C12H13N5O3. The highest BCUT2D eigenvalue weighted by Crippen LogP contribution is 2.27. The number of nitrogens with two attached hydrogens (primary N) is 1. The number of phenolic OH excluding ortho intramolecular Hbond substituents is 1. The van der Waals surface area contributed by atoms with Gasteiger partial charge in [-0.2, -0.15) is 0 Å². The number of benzene rings is 1. The van der Waals surface area contributed by atoms with Gasteiger partial charge in [0.25, 0.3) is 5.56 Å². The summed E-state index contributed by atoms with van der Waals surface area (Å²) in [6.45, 7) is 0. The number of anilines is 1. The van der Waals surface area contributed by atoms with Crippen molar-refractivity contribution < 1.29 is 5.11 Å². The van der Waals surface area contributed by atoms with Gasteiger partial charge < -0.3 is 10.8 Å². The highest BCUT2D eigenvalue weighted by molar-refractivity contribution is 5.57. The Hall–Kier alpha value is -2.90. The molecule has 0 amide bonds. The van der Waals surface area contributed by atoms with Gasteiger partial charge in [0.1, 0.15) is 17.3 Å². The van der Waals surface area contributed by atoms with E-state index in [0.29, 0.717) is 0 Å². The molecule has 2 rings (SSSR count). The molecule has 0 aliphatic carbocycles. The Bertz CT molecular complexity index is 804. The molecule has 0 unspecified atom stereocenters. The minimum absolute atomic E-state index is 0.0727. The molecule has 8 nitrogen and oxygen atoms in total. The van der Waals surface area contributed by atoms with Gasteiger partial charge in [-0.05, 0) is 12.1 Å². The van der Waals surface area contributed by atoms with Crippen LogP contribution < -0.4 is 17.0 Å². The van der Waals surface area contributed by atoms with E-state index in [-0.39, 0.29) is 22.9 Å². The highest BCUT2D eigenvalue weighted by atomic mass is 16.3. The molecule has 0 saturated carbocycles. The summed E-state index contributed by atoms with van der Waals surface area (Å²) in [6, 6.07) is 6.27. The molecule has 0 fully saturated rings. The lowest BCUT2D eigenvalue weighted by Crippen LogP contribution is -2.37. The van der Waals surface area contributed by atoms with Crippen LogP contribution in [0.25, 0.3) is 0 Å². The Morgan fingerprint density at radius 2 is 1.75 bits per heavy atom. The topological polar surface area (TPSA) is 115 Å². The molecule has 0 saturated heterocycles. The van der Waals surface area contributed by atoms with Gasteiger partial charge in [-0.1, -0.05) is 12.1 Å². The number of aromatic hydroxyl groups is 1. The first kappa shape index (κ1) is 13.5. The number of azo groups is 1. The van der Waals surface area contributed by atoms with Gasteiger partial charge in [0.05, 0.1) is 0 Å². The zero-order valence-corrected chi connectivity index (χ0v) is 10.9. The van der Waals surface area contributed by atoms with Crippen molar-refractivity contribution in [2.75, 3.05) is 5.73 Å². The minimum atomic E-state index is -0.648. The third kappa shape index (κ3) is 2.18. The van der Waals surface area contributed by atoms with Crippen molar-refractivity contribution in [1.82, 2.24) is 9.13 Å². The molecule has 0 aliphatic rings. The zero-order chi connectivity index (χ0) is 14.9. The van der Waals surface area contributed by atoms with E-state index < -0.39 is 11.2 Å². The molecule has 0 atom stereocenters. The molecule has 3 N–H and O–H groups in total. The summed E-state index contributed by atoms with van der Waals surface area (Å²) in [5.74, 6) is -0.159. The van der Waals surface area contributed by atoms with Crippen LogP contribution in [0.3, 0.4) is 0 Å². The number of hydrogen-bond acceptors (Lipinski definition) is 6. The second kappa shape index (κ2) is 5.00. The monoisotopic (exact) mass is 275 g/mol. The van der Waals surface area contributed by atoms with E-state index >= 15 is 0 Å². The van der Waals surface area contributed by atoms with E-state index in [1.54, 1.807) is 12.1 Å². The fourth-order valence-electron chi connectivity index (χ4n) is 1.59. The summed E-state index contributed by atoms with van der Waals surface area (Å²) < 4.78 is 1.98. The maximum Gasteiger partial charge on any atom is 0.332 e. The SMILES string of the molecule is Cn1c(N)c(N=Nc2ccccc2O)c(=O)n(C)c1=O. The van der Waals surface area contributed by atoms with E-state index in [4.69, 9.17) is 5.73 Å². The van der Waals surface area contributed by atoms with Crippen molar-refractivity contribution in [1.29, 1.82) is 0 Å². The van der Waals surface area contributed by atoms with Crippen LogP contribution in [0.2, 0.25) is 0 Å². The fourth-order valence-corrected chi connectivity index (χ4v) is 1.59. The van der Waals surface area contributed by atoms with Crippen LogP contribution in [-0.2, 0) is 14.1 Å². The first-order valence-electron chi connectivity index (χ1n) is 5.68. The molecule has 1 heterocycles. The van der Waals surface area contributed by atoms with Gasteiger partial charge in [0, 0.05) is 14.1 Å². The summed E-state index contributed by atoms with van der Waals surface area (Å²) in [6.07, 6.45) is 0. The van der Waals surface area contributed by atoms with Crippen LogP contribution >= 0.6 is 0 Å². The van der Waals surface area contributed by atoms with Crippen LogP contribution in [0, 0.1) is 0 Å². The summed E-state index contributed by atoms with van der Waals surface area (Å²) in [7, 11) is 2.75. The van der Waals surface area contributed by atoms with Gasteiger partial charge in [-0.25, -0.2) is 4.79 Å². The molecule has 1 aromatic carbocycles. The van der Waals surface area contributed by atoms with E-state index in [0.717, 1.165) is 9.13 Å². The van der Waals surface area contributed by atoms with Crippen molar-refractivity contribution in [2.45, 2.75) is 0 Å². The highest BCUT2D eigenvalue weighted by Gasteiger charge is 2.12. The Morgan fingerprint density at radius 1 is 1.10 bits per heavy atom. The number of rotatable bonds is 2. The maximum absolute atomic E-state index is 11.9. The van der Waals surface area contributed by atoms with Gasteiger partial charge in [-0.15, -0.1) is 10.2 Å². The van der Waals surface area contributed by atoms with Crippen LogP contribution in [-0.4, -0.2) is 14.2 Å². The minimum Gasteiger partial charge on any atom is -0.506 e. The number of phenols is 1. The third-order valence-electron chi connectivity index (χ3n) is 2.82. The Balaban J connectivity index is 2.59. The summed E-state index contributed by atoms with van der Waals surface area (Å²) in [4.78, 5) is 23.5. The van der Waals surface area contributed by atoms with Crippen molar-refractivity contribution in [2.24, 2.45) is 24.3 Å². The molecule has 1 aromatic heterocycles. The average Bonchev–Trinajstić information content (AvgIpc) is 2.45. The number of nitrogens with zero attached hydrogens (tertiary/aromatic N) is 4. The average molecular weight is 275 g/mol. The molecule has 0 aliphatic heterocycles. The molecule has 0 bridgehead atoms. The number of nitrogen functional groups attached to an aromatic ring is 1. The zero-order valence-electron chi connectivity index (χ0n) is 10.9. The summed E-state index contributed by atoms with van der Waals surface area (Å²) in [5.41, 5.74) is 4.54. The number of aromatic nitrogens is 2. The maximum atomic E-state index is 11.9. The molecule has 0 radical (unpaired) electrons. The lowest BCUT2D eigenvalue weighted by Gasteiger charge is -2.07. The van der Waals surface area contributed by atoms with Crippen LogP contribution in [0.4, 0.5) is 17.2 Å². The molecule has 0 spiro atoms.